The molecule has 162 valence electrons. The van der Waals surface area contributed by atoms with E-state index < -0.39 is 22.8 Å². The van der Waals surface area contributed by atoms with Crippen molar-refractivity contribution in [2.24, 2.45) is 7.05 Å². The Kier molecular flexibility index (Phi) is 5.41. The van der Waals surface area contributed by atoms with Crippen molar-refractivity contribution in [3.63, 3.8) is 0 Å². The van der Waals surface area contributed by atoms with Crippen LogP contribution in [0.15, 0.2) is 29.1 Å². The minimum atomic E-state index is -1.44. The fraction of sp³-hybridized carbons (Fsp3) is 0.304. The van der Waals surface area contributed by atoms with Gasteiger partial charge >= 0.3 is 5.97 Å². The Balaban J connectivity index is 0.00000231. The molecular weight excluding hydrogens is 418 g/mol. The molecule has 3 heterocycles. The summed E-state index contributed by atoms with van der Waals surface area (Å²) in [7, 11) is 2.07. The van der Waals surface area contributed by atoms with Crippen molar-refractivity contribution in [1.82, 2.24) is 14.5 Å². The quantitative estimate of drug-likeness (QED) is 0.577. The first-order valence-electron chi connectivity index (χ1n) is 10.2. The van der Waals surface area contributed by atoms with Gasteiger partial charge in [-0.2, -0.15) is 0 Å². The number of nitrogens with zero attached hydrogens (tertiary/aromatic N) is 2. The first-order chi connectivity index (χ1) is 14.5. The summed E-state index contributed by atoms with van der Waals surface area (Å²) in [4.78, 5) is 28.9. The predicted molar refractivity (Wildman–Crippen MR) is 122 cm³/mol. The summed E-state index contributed by atoms with van der Waals surface area (Å²) < 4.78 is 2.21. The number of likely N-dealkylation sites (tertiary alicyclic amines) is 1. The molecule has 1 saturated heterocycles. The maximum atomic E-state index is 12.4. The van der Waals surface area contributed by atoms with E-state index in [2.05, 4.69) is 27.6 Å². The molecule has 0 amide bonds. The maximum Gasteiger partial charge on any atom is 0.345 e. The van der Waals surface area contributed by atoms with Crippen LogP contribution in [0.1, 0.15) is 40.0 Å². The number of halogens is 1. The number of aromatic hydroxyl groups is 1. The van der Waals surface area contributed by atoms with Crippen molar-refractivity contribution < 1.29 is 15.0 Å². The largest absolute Gasteiger partial charge is 0.506 e. The van der Waals surface area contributed by atoms with Crippen molar-refractivity contribution in [3.05, 3.63) is 57.0 Å². The van der Waals surface area contributed by atoms with E-state index in [-0.39, 0.29) is 12.4 Å². The number of pyridine rings is 1. The number of hydrogen-bond donors (Lipinski definition) is 3. The Bertz CT molecular complexity index is 1280. The molecule has 1 fully saturated rings. The standard InChI is InChI=1S/C23H23N3O4.ClH/c1-25-13(12-26-9-2-3-10-26)11-17-14-5-4-6-16-20(15(14)7-8-18(17)25)24-22(28)19(21(16)27)23(29)30;/h4-5,7-8,11H,2-3,6,9-10,12H2,1H3,(H,29,30)(H2,24,27,28);1H. The molecular formula is C23H24ClN3O4. The lowest BCUT2D eigenvalue weighted by molar-refractivity contribution is 0.0691. The molecule has 8 heteroatoms. The van der Waals surface area contributed by atoms with E-state index in [0.29, 0.717) is 17.7 Å². The lowest BCUT2D eigenvalue weighted by Gasteiger charge is -2.15. The molecule has 2 aromatic heterocycles. The number of carboxylic acids is 1. The third kappa shape index (κ3) is 3.34. The monoisotopic (exact) mass is 441 g/mol. The summed E-state index contributed by atoms with van der Waals surface area (Å²) in [5.74, 6) is -1.89. The average molecular weight is 442 g/mol. The number of aromatic carboxylic acids is 1. The molecule has 5 rings (SSSR count). The maximum absolute atomic E-state index is 12.4. The summed E-state index contributed by atoms with van der Waals surface area (Å²) in [6, 6.07) is 6.15. The van der Waals surface area contributed by atoms with Gasteiger partial charge in [0.2, 0.25) is 0 Å². The molecule has 0 spiro atoms. The highest BCUT2D eigenvalue weighted by atomic mass is 35.5. The number of aryl methyl sites for hydroxylation is 1. The Morgan fingerprint density at radius 1 is 1.23 bits per heavy atom. The molecule has 31 heavy (non-hydrogen) atoms. The Morgan fingerprint density at radius 3 is 2.68 bits per heavy atom. The summed E-state index contributed by atoms with van der Waals surface area (Å²) >= 11 is 0. The van der Waals surface area contributed by atoms with Crippen LogP contribution in [0.3, 0.4) is 0 Å². The first-order valence-corrected chi connectivity index (χ1v) is 10.2. The van der Waals surface area contributed by atoms with E-state index in [9.17, 15) is 19.8 Å². The number of carbonyl (C=O) groups is 1. The SMILES string of the molecule is Cl.Cn1c(CN2CCCC2)cc2c3c(ccc21)-c1[nH]c(=O)c(C(=O)O)c(O)c1CC=C3. The van der Waals surface area contributed by atoms with E-state index in [1.165, 1.54) is 18.5 Å². The van der Waals surface area contributed by atoms with Gasteiger partial charge in [-0.05, 0) is 50.0 Å². The average Bonchev–Trinajstić information content (AvgIpc) is 3.27. The van der Waals surface area contributed by atoms with Gasteiger partial charge in [0.15, 0.2) is 5.56 Å². The zero-order chi connectivity index (χ0) is 21.0. The summed E-state index contributed by atoms with van der Waals surface area (Å²) in [5.41, 5.74) is 3.58. The third-order valence-electron chi connectivity index (χ3n) is 6.33. The van der Waals surface area contributed by atoms with E-state index in [1.807, 2.05) is 24.3 Å². The van der Waals surface area contributed by atoms with Gasteiger partial charge < -0.3 is 19.8 Å². The number of fused-ring (bicyclic) bond motifs is 5. The molecule has 1 aliphatic heterocycles. The third-order valence-corrected chi connectivity index (χ3v) is 6.33. The minimum Gasteiger partial charge on any atom is -0.506 e. The van der Waals surface area contributed by atoms with Crippen LogP contribution < -0.4 is 5.56 Å². The second-order valence-corrected chi connectivity index (χ2v) is 8.08. The highest BCUT2D eigenvalue weighted by molar-refractivity contribution is 5.99. The van der Waals surface area contributed by atoms with Crippen molar-refractivity contribution in [1.29, 1.82) is 0 Å². The molecule has 0 radical (unpaired) electrons. The van der Waals surface area contributed by atoms with Gasteiger partial charge in [-0.1, -0.05) is 18.2 Å². The fourth-order valence-electron chi connectivity index (χ4n) is 4.76. The number of hydrogen-bond acceptors (Lipinski definition) is 4. The Hall–Kier alpha value is -3.03. The lowest BCUT2D eigenvalue weighted by atomic mass is 9.97. The van der Waals surface area contributed by atoms with E-state index in [1.54, 1.807) is 0 Å². The van der Waals surface area contributed by atoms with Crippen LogP contribution in [0.2, 0.25) is 0 Å². The molecule has 1 aromatic carbocycles. The summed E-state index contributed by atoms with van der Waals surface area (Å²) in [5, 5.41) is 20.9. The number of carboxylic acid groups (broad SMARTS) is 1. The van der Waals surface area contributed by atoms with Gasteiger partial charge in [-0.25, -0.2) is 4.79 Å². The molecule has 1 aliphatic carbocycles. The number of benzene rings is 1. The van der Waals surface area contributed by atoms with Crippen molar-refractivity contribution in [3.8, 4) is 17.0 Å². The molecule has 0 unspecified atom stereocenters. The zero-order valence-corrected chi connectivity index (χ0v) is 18.0. The number of nitrogens with one attached hydrogen (secondary N) is 1. The van der Waals surface area contributed by atoms with Crippen LogP contribution in [-0.2, 0) is 20.0 Å². The zero-order valence-electron chi connectivity index (χ0n) is 17.1. The van der Waals surface area contributed by atoms with Crippen molar-refractivity contribution in [2.45, 2.75) is 25.8 Å². The van der Waals surface area contributed by atoms with E-state index >= 15 is 0 Å². The summed E-state index contributed by atoms with van der Waals surface area (Å²) in [6.07, 6.45) is 6.72. The van der Waals surface area contributed by atoms with Crippen LogP contribution in [0.25, 0.3) is 28.2 Å². The normalized spacial score (nSPS) is 15.4. The van der Waals surface area contributed by atoms with Gasteiger partial charge in [-0.15, -0.1) is 12.4 Å². The van der Waals surface area contributed by atoms with Gasteiger partial charge in [-0.3, -0.25) is 9.69 Å². The number of allylic oxidation sites excluding steroid dienone is 1. The lowest BCUT2D eigenvalue weighted by Crippen LogP contribution is -2.20. The van der Waals surface area contributed by atoms with E-state index in [0.717, 1.165) is 41.7 Å². The molecule has 3 aromatic rings. The van der Waals surface area contributed by atoms with Crippen LogP contribution in [-0.4, -0.2) is 43.7 Å². The van der Waals surface area contributed by atoms with E-state index in [4.69, 9.17) is 0 Å². The molecule has 0 bridgehead atoms. The van der Waals surface area contributed by atoms with Crippen LogP contribution >= 0.6 is 12.4 Å². The van der Waals surface area contributed by atoms with Gasteiger partial charge in [0.05, 0.1) is 5.69 Å². The second kappa shape index (κ2) is 7.90. The van der Waals surface area contributed by atoms with Crippen molar-refractivity contribution >= 4 is 35.4 Å². The van der Waals surface area contributed by atoms with Gasteiger partial charge in [0.1, 0.15) is 5.75 Å². The van der Waals surface area contributed by atoms with Crippen LogP contribution in [0, 0.1) is 0 Å². The van der Waals surface area contributed by atoms with Gasteiger partial charge in [0, 0.05) is 41.3 Å². The fourth-order valence-corrected chi connectivity index (χ4v) is 4.76. The number of aromatic nitrogens is 2. The number of rotatable bonds is 3. The van der Waals surface area contributed by atoms with Crippen LogP contribution in [0.4, 0.5) is 0 Å². The highest BCUT2D eigenvalue weighted by Crippen LogP contribution is 2.38. The number of aromatic amines is 1. The van der Waals surface area contributed by atoms with Crippen LogP contribution in [0.5, 0.6) is 5.75 Å². The topological polar surface area (TPSA) is 98.6 Å². The predicted octanol–water partition coefficient (Wildman–Crippen LogP) is 3.52. The summed E-state index contributed by atoms with van der Waals surface area (Å²) in [6.45, 7) is 3.15. The Morgan fingerprint density at radius 2 is 1.97 bits per heavy atom. The second-order valence-electron chi connectivity index (χ2n) is 8.08. The smallest absolute Gasteiger partial charge is 0.345 e. The molecule has 7 nitrogen and oxygen atoms in total. The van der Waals surface area contributed by atoms with Gasteiger partial charge in [0.25, 0.3) is 5.56 Å². The number of H-pyrrole nitrogens is 1. The molecule has 3 N–H and O–H groups in total. The first kappa shape index (κ1) is 21.2. The Labute approximate surface area is 185 Å². The van der Waals surface area contributed by atoms with Crippen molar-refractivity contribution in [2.75, 3.05) is 13.1 Å². The molecule has 2 aliphatic rings. The minimum absolute atomic E-state index is 0. The highest BCUT2D eigenvalue weighted by Gasteiger charge is 2.25. The molecule has 0 atom stereocenters. The molecule has 0 saturated carbocycles.